The number of H-pyrrole nitrogens is 1. The van der Waals surface area contributed by atoms with Gasteiger partial charge in [0.25, 0.3) is 0 Å². The molecule has 2 nitrogen and oxygen atoms in total. The summed E-state index contributed by atoms with van der Waals surface area (Å²) in [4.78, 5) is 15.8. The Balaban J connectivity index is 2.15. The van der Waals surface area contributed by atoms with E-state index in [4.69, 9.17) is 11.6 Å². The van der Waals surface area contributed by atoms with Crippen LogP contribution in [0.2, 0.25) is 5.02 Å². The van der Waals surface area contributed by atoms with E-state index in [1.807, 2.05) is 25.1 Å². The minimum Gasteiger partial charge on any atom is -0.360 e. The highest BCUT2D eigenvalue weighted by atomic mass is 79.9. The molecule has 0 aliphatic heterocycles. The third kappa shape index (κ3) is 2.17. The highest BCUT2D eigenvalue weighted by molar-refractivity contribution is 9.10. The fourth-order valence-electron chi connectivity index (χ4n) is 2.34. The van der Waals surface area contributed by atoms with Crippen LogP contribution in [0.3, 0.4) is 0 Å². The molecule has 0 fully saturated rings. The van der Waals surface area contributed by atoms with Gasteiger partial charge >= 0.3 is 0 Å². The number of halogens is 2. The summed E-state index contributed by atoms with van der Waals surface area (Å²) >= 11 is 9.32. The minimum atomic E-state index is -0.0112. The second-order valence-electron chi connectivity index (χ2n) is 4.66. The number of benzene rings is 2. The highest BCUT2D eigenvalue weighted by Gasteiger charge is 2.16. The maximum absolute atomic E-state index is 12.7. The number of hydrogen-bond donors (Lipinski definition) is 1. The zero-order valence-electron chi connectivity index (χ0n) is 10.7. The van der Waals surface area contributed by atoms with Gasteiger partial charge in [-0.25, -0.2) is 0 Å². The van der Waals surface area contributed by atoms with E-state index in [2.05, 4.69) is 20.9 Å². The van der Waals surface area contributed by atoms with Gasteiger partial charge < -0.3 is 4.98 Å². The van der Waals surface area contributed by atoms with Gasteiger partial charge in [-0.3, -0.25) is 4.79 Å². The number of fused-ring (bicyclic) bond motifs is 1. The molecule has 4 heteroatoms. The van der Waals surface area contributed by atoms with Crippen LogP contribution < -0.4 is 0 Å². The molecular weight excluding hydrogens is 338 g/mol. The first-order chi connectivity index (χ1) is 9.58. The van der Waals surface area contributed by atoms with Crippen LogP contribution >= 0.6 is 27.5 Å². The van der Waals surface area contributed by atoms with E-state index in [0.29, 0.717) is 16.1 Å². The van der Waals surface area contributed by atoms with E-state index in [-0.39, 0.29) is 5.78 Å². The van der Waals surface area contributed by atoms with Crippen molar-refractivity contribution in [2.24, 2.45) is 0 Å². The van der Waals surface area contributed by atoms with Crippen molar-refractivity contribution >= 4 is 44.2 Å². The summed E-state index contributed by atoms with van der Waals surface area (Å²) in [6.07, 6.45) is 1.77. The Hall–Kier alpha value is -1.58. The molecule has 1 heterocycles. The Labute approximate surface area is 129 Å². The fourth-order valence-corrected chi connectivity index (χ4v) is 2.84. The summed E-state index contributed by atoms with van der Waals surface area (Å²) in [7, 11) is 0. The first-order valence-corrected chi connectivity index (χ1v) is 7.31. The van der Waals surface area contributed by atoms with E-state index >= 15 is 0 Å². The van der Waals surface area contributed by atoms with Crippen molar-refractivity contribution in [1.29, 1.82) is 0 Å². The molecule has 0 unspecified atom stereocenters. The molecule has 20 heavy (non-hydrogen) atoms. The van der Waals surface area contributed by atoms with Crippen molar-refractivity contribution < 1.29 is 4.79 Å². The van der Waals surface area contributed by atoms with Gasteiger partial charge in [0.15, 0.2) is 5.78 Å². The van der Waals surface area contributed by atoms with Crippen LogP contribution in [0, 0.1) is 6.92 Å². The van der Waals surface area contributed by atoms with Crippen LogP contribution in [0.25, 0.3) is 10.9 Å². The average Bonchev–Trinajstić information content (AvgIpc) is 2.86. The molecule has 3 aromatic rings. The largest absolute Gasteiger partial charge is 0.360 e. The van der Waals surface area contributed by atoms with Gasteiger partial charge in [-0.15, -0.1) is 0 Å². The molecule has 1 aromatic heterocycles. The van der Waals surface area contributed by atoms with Crippen LogP contribution in [0.5, 0.6) is 0 Å². The van der Waals surface area contributed by atoms with Crippen molar-refractivity contribution in [3.05, 3.63) is 68.8 Å². The smallest absolute Gasteiger partial charge is 0.195 e. The normalized spacial score (nSPS) is 10.9. The standard InChI is InChI=1S/C16H11BrClNO/c1-9-3-2-4-14-15(9)11(8-19-14)16(20)10-5-6-13(18)12(17)7-10/h2-8,19H,1H3. The number of aromatic nitrogens is 1. The van der Waals surface area contributed by atoms with Crippen molar-refractivity contribution in [2.45, 2.75) is 6.92 Å². The predicted molar refractivity (Wildman–Crippen MR) is 85.6 cm³/mol. The Morgan fingerprint density at radius 1 is 1.25 bits per heavy atom. The molecular formula is C16H11BrClNO. The zero-order chi connectivity index (χ0) is 14.3. The number of carbonyl (C=O) groups excluding carboxylic acids is 1. The maximum Gasteiger partial charge on any atom is 0.195 e. The molecule has 1 N–H and O–H groups in total. The Bertz CT molecular complexity index is 822. The monoisotopic (exact) mass is 347 g/mol. The summed E-state index contributed by atoms with van der Waals surface area (Å²) < 4.78 is 0.724. The highest BCUT2D eigenvalue weighted by Crippen LogP contribution is 2.27. The molecule has 100 valence electrons. The molecule has 0 bridgehead atoms. The summed E-state index contributed by atoms with van der Waals surface area (Å²) in [6.45, 7) is 2.00. The second-order valence-corrected chi connectivity index (χ2v) is 5.92. The number of ketones is 1. The van der Waals surface area contributed by atoms with E-state index in [9.17, 15) is 4.79 Å². The first-order valence-electron chi connectivity index (χ1n) is 6.14. The molecule has 0 aliphatic rings. The fraction of sp³-hybridized carbons (Fsp3) is 0.0625. The number of aryl methyl sites for hydroxylation is 1. The number of hydrogen-bond acceptors (Lipinski definition) is 1. The van der Waals surface area contributed by atoms with Gasteiger partial charge in [0.2, 0.25) is 0 Å². The van der Waals surface area contributed by atoms with Crippen LogP contribution in [0.4, 0.5) is 0 Å². The summed E-state index contributed by atoms with van der Waals surface area (Å²) in [5.74, 6) is -0.0112. The number of aromatic amines is 1. The van der Waals surface area contributed by atoms with E-state index in [1.54, 1.807) is 24.4 Å². The van der Waals surface area contributed by atoms with Gasteiger partial charge in [-0.2, -0.15) is 0 Å². The Morgan fingerprint density at radius 3 is 2.80 bits per heavy atom. The molecule has 0 amide bonds. The third-order valence-electron chi connectivity index (χ3n) is 3.34. The van der Waals surface area contributed by atoms with Crippen molar-refractivity contribution in [1.82, 2.24) is 4.98 Å². The average molecular weight is 349 g/mol. The molecule has 0 spiro atoms. The van der Waals surface area contributed by atoms with Gasteiger partial charge in [-0.1, -0.05) is 23.7 Å². The van der Waals surface area contributed by atoms with Crippen LogP contribution in [-0.4, -0.2) is 10.8 Å². The molecule has 2 aromatic carbocycles. The SMILES string of the molecule is Cc1cccc2[nH]cc(C(=O)c3ccc(Cl)c(Br)c3)c12. The van der Waals surface area contributed by atoms with Crippen molar-refractivity contribution in [2.75, 3.05) is 0 Å². The van der Waals surface area contributed by atoms with Crippen LogP contribution in [-0.2, 0) is 0 Å². The summed E-state index contributed by atoms with van der Waals surface area (Å²) in [6, 6.07) is 11.2. The van der Waals surface area contributed by atoms with Gasteiger partial charge in [0.05, 0.1) is 5.02 Å². The molecule has 0 radical (unpaired) electrons. The maximum atomic E-state index is 12.7. The Morgan fingerprint density at radius 2 is 2.05 bits per heavy atom. The topological polar surface area (TPSA) is 32.9 Å². The summed E-state index contributed by atoms with van der Waals surface area (Å²) in [5.41, 5.74) is 3.36. The lowest BCUT2D eigenvalue weighted by Gasteiger charge is -2.03. The number of rotatable bonds is 2. The predicted octanol–water partition coefficient (Wildman–Crippen LogP) is 5.12. The number of nitrogens with one attached hydrogen (secondary N) is 1. The van der Waals surface area contributed by atoms with Crippen LogP contribution in [0.15, 0.2) is 47.1 Å². The summed E-state index contributed by atoms with van der Waals surface area (Å²) in [5, 5.41) is 1.57. The van der Waals surface area contributed by atoms with Gasteiger partial charge in [0.1, 0.15) is 0 Å². The van der Waals surface area contributed by atoms with E-state index < -0.39 is 0 Å². The molecule has 0 saturated carbocycles. The van der Waals surface area contributed by atoms with Crippen LogP contribution in [0.1, 0.15) is 21.5 Å². The minimum absolute atomic E-state index is 0.0112. The first kappa shape index (κ1) is 13.4. The lowest BCUT2D eigenvalue weighted by molar-refractivity contribution is 0.104. The van der Waals surface area contributed by atoms with Crippen molar-refractivity contribution in [3.63, 3.8) is 0 Å². The molecule has 0 saturated heterocycles. The second kappa shape index (κ2) is 5.08. The molecule has 0 atom stereocenters. The Kier molecular flexibility index (Phi) is 3.40. The molecule has 0 aliphatic carbocycles. The molecule has 3 rings (SSSR count). The number of carbonyl (C=O) groups is 1. The third-order valence-corrected chi connectivity index (χ3v) is 4.55. The van der Waals surface area contributed by atoms with Crippen molar-refractivity contribution in [3.8, 4) is 0 Å². The van der Waals surface area contributed by atoms with Gasteiger partial charge in [0, 0.05) is 32.7 Å². The van der Waals surface area contributed by atoms with E-state index in [1.165, 1.54) is 0 Å². The van der Waals surface area contributed by atoms with Gasteiger partial charge in [-0.05, 0) is 52.7 Å². The zero-order valence-corrected chi connectivity index (χ0v) is 13.0. The van der Waals surface area contributed by atoms with E-state index in [0.717, 1.165) is 20.9 Å². The lowest BCUT2D eigenvalue weighted by Crippen LogP contribution is -2.00. The quantitative estimate of drug-likeness (QED) is 0.640. The lowest BCUT2D eigenvalue weighted by atomic mass is 10.0.